The average molecular weight is 380 g/mol. The second-order valence-electron chi connectivity index (χ2n) is 6.30. The van der Waals surface area contributed by atoms with E-state index in [1.54, 1.807) is 11.0 Å². The lowest BCUT2D eigenvalue weighted by atomic mass is 10.0. The zero-order valence-electron chi connectivity index (χ0n) is 14.9. The molecule has 6 nitrogen and oxygen atoms in total. The van der Waals surface area contributed by atoms with Crippen LogP contribution in [-0.2, 0) is 4.79 Å². The van der Waals surface area contributed by atoms with Gasteiger partial charge in [-0.25, -0.2) is 9.67 Å². The van der Waals surface area contributed by atoms with E-state index in [0.717, 1.165) is 23.4 Å². The number of rotatable bonds is 5. The molecule has 2 aromatic carbocycles. The van der Waals surface area contributed by atoms with Crippen molar-refractivity contribution in [3.05, 3.63) is 66.5 Å². The quantitative estimate of drug-likeness (QED) is 0.687. The van der Waals surface area contributed by atoms with Gasteiger partial charge in [-0.05, 0) is 25.1 Å². The summed E-state index contributed by atoms with van der Waals surface area (Å²) < 4.78 is 7.37. The number of hydrogen-bond donors (Lipinski definition) is 1. The zero-order chi connectivity index (χ0) is 18.6. The molecule has 1 aliphatic rings. The molecule has 1 aliphatic heterocycles. The second-order valence-corrected chi connectivity index (χ2v) is 7.61. The number of thioether (sulfide) groups is 1. The third-order valence-corrected chi connectivity index (χ3v) is 5.38. The summed E-state index contributed by atoms with van der Waals surface area (Å²) >= 11 is 1.35. The molecule has 3 aromatic rings. The van der Waals surface area contributed by atoms with Gasteiger partial charge >= 0.3 is 0 Å². The van der Waals surface area contributed by atoms with Crippen LogP contribution in [0.15, 0.2) is 66.1 Å². The number of fused-ring (bicyclic) bond motifs is 1. The van der Waals surface area contributed by atoms with Gasteiger partial charge < -0.3 is 10.1 Å². The Morgan fingerprint density at radius 1 is 1.22 bits per heavy atom. The van der Waals surface area contributed by atoms with Gasteiger partial charge in [0.2, 0.25) is 11.1 Å². The molecular weight excluding hydrogens is 360 g/mol. The van der Waals surface area contributed by atoms with Crippen LogP contribution in [0.1, 0.15) is 24.9 Å². The SMILES string of the molecule is C[C@@H](Sc1ncn(-c2ccccc2)n1)C(=O)N[C@@H]1CCOc2ccccc21. The molecule has 7 heteroatoms. The first kappa shape index (κ1) is 17.6. The standard InChI is InChI=1S/C20H20N4O2S/c1-14(27-20-21-13-24(23-20)15-7-3-2-4-8-15)19(25)22-17-11-12-26-18-10-6-5-9-16(17)18/h2-10,13-14,17H,11-12H2,1H3,(H,22,25)/t14-,17-/m1/s1. The number of aromatic nitrogens is 3. The van der Waals surface area contributed by atoms with E-state index in [4.69, 9.17) is 4.74 Å². The molecule has 0 saturated carbocycles. The van der Waals surface area contributed by atoms with Crippen LogP contribution in [-0.4, -0.2) is 32.5 Å². The Balaban J connectivity index is 1.40. The number of nitrogens with one attached hydrogen (secondary N) is 1. The van der Waals surface area contributed by atoms with Crippen LogP contribution in [0, 0.1) is 0 Å². The molecule has 2 heterocycles. The number of hydrogen-bond acceptors (Lipinski definition) is 5. The predicted molar refractivity (Wildman–Crippen MR) is 104 cm³/mol. The minimum atomic E-state index is -0.299. The number of carbonyl (C=O) groups excluding carboxylic acids is 1. The van der Waals surface area contributed by atoms with Crippen molar-refractivity contribution < 1.29 is 9.53 Å². The van der Waals surface area contributed by atoms with E-state index in [1.807, 2.05) is 61.5 Å². The van der Waals surface area contributed by atoms with Gasteiger partial charge in [-0.15, -0.1) is 5.10 Å². The summed E-state index contributed by atoms with van der Waals surface area (Å²) in [6, 6.07) is 17.6. The van der Waals surface area contributed by atoms with Crippen molar-refractivity contribution in [2.45, 2.75) is 29.8 Å². The van der Waals surface area contributed by atoms with Gasteiger partial charge in [0.15, 0.2) is 0 Å². The fraction of sp³-hybridized carbons (Fsp3) is 0.250. The largest absolute Gasteiger partial charge is 0.493 e. The summed E-state index contributed by atoms with van der Waals surface area (Å²) in [7, 11) is 0. The highest BCUT2D eigenvalue weighted by Gasteiger charge is 2.25. The van der Waals surface area contributed by atoms with E-state index >= 15 is 0 Å². The molecule has 0 unspecified atom stereocenters. The number of nitrogens with zero attached hydrogens (tertiary/aromatic N) is 3. The van der Waals surface area contributed by atoms with Gasteiger partial charge in [-0.2, -0.15) is 0 Å². The number of carbonyl (C=O) groups is 1. The number of amides is 1. The summed E-state index contributed by atoms with van der Waals surface area (Å²) in [6.07, 6.45) is 2.43. The van der Waals surface area contributed by atoms with E-state index in [2.05, 4.69) is 15.4 Å². The van der Waals surface area contributed by atoms with Crippen molar-refractivity contribution in [1.29, 1.82) is 0 Å². The lowest BCUT2D eigenvalue weighted by Crippen LogP contribution is -2.36. The van der Waals surface area contributed by atoms with E-state index in [9.17, 15) is 4.79 Å². The van der Waals surface area contributed by atoms with Crippen LogP contribution in [0.4, 0.5) is 0 Å². The summed E-state index contributed by atoms with van der Waals surface area (Å²) in [5, 5.41) is 7.86. The predicted octanol–water partition coefficient (Wildman–Crippen LogP) is 3.39. The summed E-state index contributed by atoms with van der Waals surface area (Å²) in [6.45, 7) is 2.47. The van der Waals surface area contributed by atoms with Crippen molar-refractivity contribution in [2.24, 2.45) is 0 Å². The molecule has 0 bridgehead atoms. The molecule has 27 heavy (non-hydrogen) atoms. The summed E-state index contributed by atoms with van der Waals surface area (Å²) in [5.74, 6) is 0.815. The summed E-state index contributed by atoms with van der Waals surface area (Å²) in [5.41, 5.74) is 1.97. The molecule has 138 valence electrons. The Bertz CT molecular complexity index is 928. The van der Waals surface area contributed by atoms with Crippen LogP contribution >= 0.6 is 11.8 Å². The molecule has 1 aromatic heterocycles. The Labute approximate surface area is 162 Å². The number of ether oxygens (including phenoxy) is 1. The normalized spacial score (nSPS) is 16.9. The van der Waals surface area contributed by atoms with Crippen LogP contribution in [0.3, 0.4) is 0 Å². The first-order valence-corrected chi connectivity index (χ1v) is 9.74. The third kappa shape index (κ3) is 3.98. The van der Waals surface area contributed by atoms with Crippen LogP contribution in [0.25, 0.3) is 5.69 Å². The fourth-order valence-corrected chi connectivity index (χ4v) is 3.73. The summed E-state index contributed by atoms with van der Waals surface area (Å²) in [4.78, 5) is 17.0. The molecule has 0 radical (unpaired) electrons. The van der Waals surface area contributed by atoms with Crippen molar-refractivity contribution in [3.8, 4) is 11.4 Å². The topological polar surface area (TPSA) is 69.0 Å². The molecule has 4 rings (SSSR count). The average Bonchev–Trinajstić information content (AvgIpc) is 3.17. The Hall–Kier alpha value is -2.80. The Morgan fingerprint density at radius 2 is 2.00 bits per heavy atom. The monoisotopic (exact) mass is 380 g/mol. The van der Waals surface area contributed by atoms with E-state index in [-0.39, 0.29) is 17.2 Å². The van der Waals surface area contributed by atoms with E-state index < -0.39 is 0 Å². The molecular formula is C20H20N4O2S. The van der Waals surface area contributed by atoms with Crippen molar-refractivity contribution >= 4 is 17.7 Å². The molecule has 2 atom stereocenters. The van der Waals surface area contributed by atoms with Gasteiger partial charge in [-0.3, -0.25) is 4.79 Å². The van der Waals surface area contributed by atoms with Crippen molar-refractivity contribution in [1.82, 2.24) is 20.1 Å². The highest BCUT2D eigenvalue weighted by molar-refractivity contribution is 8.00. The molecule has 0 spiro atoms. The van der Waals surface area contributed by atoms with Crippen LogP contribution < -0.4 is 10.1 Å². The van der Waals surface area contributed by atoms with Gasteiger partial charge in [0.25, 0.3) is 0 Å². The lowest BCUT2D eigenvalue weighted by molar-refractivity contribution is -0.121. The first-order valence-electron chi connectivity index (χ1n) is 8.86. The molecule has 0 fully saturated rings. The van der Waals surface area contributed by atoms with Gasteiger partial charge in [-0.1, -0.05) is 48.2 Å². The molecule has 0 saturated heterocycles. The van der Waals surface area contributed by atoms with Crippen molar-refractivity contribution in [2.75, 3.05) is 6.61 Å². The van der Waals surface area contributed by atoms with Crippen LogP contribution in [0.2, 0.25) is 0 Å². The third-order valence-electron chi connectivity index (χ3n) is 4.42. The minimum Gasteiger partial charge on any atom is -0.493 e. The van der Waals surface area contributed by atoms with Gasteiger partial charge in [0.1, 0.15) is 12.1 Å². The minimum absolute atomic E-state index is 0.0275. The second kappa shape index (κ2) is 7.84. The Kier molecular flexibility index (Phi) is 5.11. The zero-order valence-corrected chi connectivity index (χ0v) is 15.7. The maximum absolute atomic E-state index is 12.7. The van der Waals surface area contributed by atoms with Crippen molar-refractivity contribution in [3.63, 3.8) is 0 Å². The number of para-hydroxylation sites is 2. The molecule has 1 amide bonds. The molecule has 1 N–H and O–H groups in total. The van der Waals surface area contributed by atoms with Crippen LogP contribution in [0.5, 0.6) is 5.75 Å². The number of benzene rings is 2. The van der Waals surface area contributed by atoms with Gasteiger partial charge in [0, 0.05) is 12.0 Å². The maximum atomic E-state index is 12.7. The Morgan fingerprint density at radius 3 is 2.85 bits per heavy atom. The van der Waals surface area contributed by atoms with E-state index in [1.165, 1.54) is 11.8 Å². The van der Waals surface area contributed by atoms with E-state index in [0.29, 0.717) is 11.8 Å². The fourth-order valence-electron chi connectivity index (χ4n) is 3.00. The highest BCUT2D eigenvalue weighted by atomic mass is 32.2. The lowest BCUT2D eigenvalue weighted by Gasteiger charge is -2.27. The highest BCUT2D eigenvalue weighted by Crippen LogP contribution is 2.32. The smallest absolute Gasteiger partial charge is 0.233 e. The maximum Gasteiger partial charge on any atom is 0.233 e. The van der Waals surface area contributed by atoms with Gasteiger partial charge in [0.05, 0.1) is 23.6 Å². The first-order chi connectivity index (χ1) is 13.2. The molecule has 0 aliphatic carbocycles.